The van der Waals surface area contributed by atoms with Crippen molar-refractivity contribution in [2.45, 2.75) is 65.2 Å². The van der Waals surface area contributed by atoms with E-state index in [0.29, 0.717) is 24.9 Å². The molecule has 7 heteroatoms. The summed E-state index contributed by atoms with van der Waals surface area (Å²) >= 11 is 0. The minimum atomic E-state index is -0.192. The molecule has 2 rings (SSSR count). The second-order valence-electron chi connectivity index (χ2n) is 6.76. The van der Waals surface area contributed by atoms with E-state index in [9.17, 15) is 0 Å². The molecule has 0 saturated carbocycles. The molecule has 0 spiro atoms. The molecule has 132 valence electrons. The highest BCUT2D eigenvalue weighted by Crippen LogP contribution is 2.13. The molecule has 0 atom stereocenters. The topological polar surface area (TPSA) is 76.9 Å². The first-order valence-corrected chi connectivity index (χ1v) is 8.07. The molecule has 1 aliphatic rings. The highest BCUT2D eigenvalue weighted by Gasteiger charge is 2.13. The first kappa shape index (κ1) is 20.2. The Hall–Kier alpha value is -0.830. The molecular formula is C16H29IN4O2. The van der Waals surface area contributed by atoms with Gasteiger partial charge in [0.2, 0.25) is 0 Å². The number of nitrogens with zero attached hydrogens (tertiary/aromatic N) is 3. The third-order valence-electron chi connectivity index (χ3n) is 3.59. The fourth-order valence-electron chi connectivity index (χ4n) is 2.35. The van der Waals surface area contributed by atoms with Crippen molar-refractivity contribution >= 4 is 29.9 Å². The first-order chi connectivity index (χ1) is 10.4. The third kappa shape index (κ3) is 7.52. The van der Waals surface area contributed by atoms with Crippen LogP contribution in [-0.4, -0.2) is 34.7 Å². The zero-order valence-corrected chi connectivity index (χ0v) is 16.7. The van der Waals surface area contributed by atoms with E-state index >= 15 is 0 Å². The van der Waals surface area contributed by atoms with E-state index in [4.69, 9.17) is 15.0 Å². The Balaban J connectivity index is 0.00000264. The maximum Gasteiger partial charge on any atom is 0.191 e. The molecule has 1 aromatic rings. The number of halogens is 1. The highest BCUT2D eigenvalue weighted by molar-refractivity contribution is 14.0. The van der Waals surface area contributed by atoms with Crippen LogP contribution in [0.3, 0.4) is 0 Å². The SMILES string of the molecule is CC(C)(C)OCc1cc(CN=C(N)N2CCCCCC2)no1.I. The number of aromatic nitrogens is 1. The lowest BCUT2D eigenvalue weighted by Crippen LogP contribution is -2.38. The molecule has 1 aromatic heterocycles. The summed E-state index contributed by atoms with van der Waals surface area (Å²) in [6, 6.07) is 1.88. The summed E-state index contributed by atoms with van der Waals surface area (Å²) in [5.41, 5.74) is 6.67. The zero-order chi connectivity index (χ0) is 16.0. The van der Waals surface area contributed by atoms with Gasteiger partial charge in [-0.2, -0.15) is 0 Å². The molecule has 0 aromatic carbocycles. The van der Waals surface area contributed by atoms with Crippen molar-refractivity contribution in [2.24, 2.45) is 10.7 Å². The van der Waals surface area contributed by atoms with E-state index in [1.54, 1.807) is 0 Å². The molecule has 0 amide bonds. The van der Waals surface area contributed by atoms with Crippen LogP contribution in [-0.2, 0) is 17.9 Å². The van der Waals surface area contributed by atoms with Crippen LogP contribution < -0.4 is 5.73 Å². The van der Waals surface area contributed by atoms with E-state index in [1.807, 2.05) is 26.8 Å². The molecule has 23 heavy (non-hydrogen) atoms. The van der Waals surface area contributed by atoms with E-state index in [2.05, 4.69) is 15.0 Å². The van der Waals surface area contributed by atoms with E-state index in [1.165, 1.54) is 25.7 Å². The van der Waals surface area contributed by atoms with Crippen LogP contribution in [0.15, 0.2) is 15.6 Å². The Morgan fingerprint density at radius 2 is 1.96 bits per heavy atom. The average molecular weight is 436 g/mol. The molecule has 0 unspecified atom stereocenters. The van der Waals surface area contributed by atoms with Crippen LogP contribution in [0.2, 0.25) is 0 Å². The zero-order valence-electron chi connectivity index (χ0n) is 14.4. The van der Waals surface area contributed by atoms with Crippen molar-refractivity contribution < 1.29 is 9.26 Å². The fourth-order valence-corrected chi connectivity index (χ4v) is 2.35. The molecule has 1 fully saturated rings. The summed E-state index contributed by atoms with van der Waals surface area (Å²) in [4.78, 5) is 6.60. The van der Waals surface area contributed by atoms with Gasteiger partial charge in [-0.15, -0.1) is 24.0 Å². The Bertz CT molecular complexity index is 489. The number of hydrogen-bond donors (Lipinski definition) is 1. The molecule has 0 radical (unpaired) electrons. The predicted octanol–water partition coefficient (Wildman–Crippen LogP) is 3.30. The molecule has 1 aliphatic heterocycles. The van der Waals surface area contributed by atoms with Crippen LogP contribution in [0.25, 0.3) is 0 Å². The maximum absolute atomic E-state index is 6.08. The largest absolute Gasteiger partial charge is 0.370 e. The minimum absolute atomic E-state index is 0. The summed E-state index contributed by atoms with van der Waals surface area (Å²) in [7, 11) is 0. The second-order valence-corrected chi connectivity index (χ2v) is 6.76. The van der Waals surface area contributed by atoms with Gasteiger partial charge in [-0.3, -0.25) is 0 Å². The van der Waals surface area contributed by atoms with Crippen molar-refractivity contribution in [3.05, 3.63) is 17.5 Å². The highest BCUT2D eigenvalue weighted by atomic mass is 127. The molecule has 6 nitrogen and oxygen atoms in total. The molecular weight excluding hydrogens is 407 g/mol. The number of guanidine groups is 1. The summed E-state index contributed by atoms with van der Waals surface area (Å²) in [6.45, 7) is 8.89. The van der Waals surface area contributed by atoms with Gasteiger partial charge in [0, 0.05) is 19.2 Å². The normalized spacial score (nSPS) is 16.8. The van der Waals surface area contributed by atoms with Crippen molar-refractivity contribution in [3.8, 4) is 0 Å². The smallest absolute Gasteiger partial charge is 0.191 e. The second kappa shape index (κ2) is 9.46. The lowest BCUT2D eigenvalue weighted by Gasteiger charge is -2.20. The first-order valence-electron chi connectivity index (χ1n) is 8.07. The number of hydrogen-bond acceptors (Lipinski definition) is 4. The van der Waals surface area contributed by atoms with E-state index < -0.39 is 0 Å². The Labute approximate surface area is 155 Å². The molecule has 1 saturated heterocycles. The summed E-state index contributed by atoms with van der Waals surface area (Å²) < 4.78 is 10.9. The van der Waals surface area contributed by atoms with Crippen LogP contribution in [0.1, 0.15) is 57.9 Å². The predicted molar refractivity (Wildman–Crippen MR) is 102 cm³/mol. The number of likely N-dealkylation sites (tertiary alicyclic amines) is 1. The van der Waals surface area contributed by atoms with Gasteiger partial charge in [-0.1, -0.05) is 18.0 Å². The summed E-state index contributed by atoms with van der Waals surface area (Å²) in [6.07, 6.45) is 4.94. The molecule has 0 aliphatic carbocycles. The number of ether oxygens (including phenoxy) is 1. The lowest BCUT2D eigenvalue weighted by molar-refractivity contribution is -0.0241. The lowest BCUT2D eigenvalue weighted by atomic mass is 10.2. The van der Waals surface area contributed by atoms with Gasteiger partial charge in [0.25, 0.3) is 0 Å². The van der Waals surface area contributed by atoms with Crippen LogP contribution in [0, 0.1) is 0 Å². The Morgan fingerprint density at radius 3 is 2.57 bits per heavy atom. The van der Waals surface area contributed by atoms with Gasteiger partial charge in [-0.05, 0) is 33.6 Å². The standard InChI is InChI=1S/C16H28N4O2.HI/c1-16(2,3)21-12-14-10-13(19-22-14)11-18-15(17)20-8-6-4-5-7-9-20;/h10H,4-9,11-12H2,1-3H3,(H2,17,18);1H. The molecule has 2 N–H and O–H groups in total. The van der Waals surface area contributed by atoms with Crippen molar-refractivity contribution in [3.63, 3.8) is 0 Å². The monoisotopic (exact) mass is 436 g/mol. The Kier molecular flexibility index (Phi) is 8.32. The molecule has 2 heterocycles. The van der Waals surface area contributed by atoms with Crippen LogP contribution >= 0.6 is 24.0 Å². The van der Waals surface area contributed by atoms with Crippen molar-refractivity contribution in [1.29, 1.82) is 0 Å². The quantitative estimate of drug-likeness (QED) is 0.445. The minimum Gasteiger partial charge on any atom is -0.370 e. The van der Waals surface area contributed by atoms with Gasteiger partial charge in [0.05, 0.1) is 12.1 Å². The Morgan fingerprint density at radius 1 is 1.30 bits per heavy atom. The van der Waals surface area contributed by atoms with Gasteiger partial charge >= 0.3 is 0 Å². The summed E-state index contributed by atoms with van der Waals surface area (Å²) in [5.74, 6) is 1.32. The van der Waals surface area contributed by atoms with Gasteiger partial charge in [-0.25, -0.2) is 4.99 Å². The van der Waals surface area contributed by atoms with Crippen molar-refractivity contribution in [1.82, 2.24) is 10.1 Å². The van der Waals surface area contributed by atoms with Gasteiger partial charge < -0.3 is 19.9 Å². The van der Waals surface area contributed by atoms with Gasteiger partial charge in [0.1, 0.15) is 12.3 Å². The van der Waals surface area contributed by atoms with Crippen LogP contribution in [0.5, 0.6) is 0 Å². The number of nitrogens with two attached hydrogens (primary N) is 1. The average Bonchev–Trinajstić information content (AvgIpc) is 2.73. The fraction of sp³-hybridized carbons (Fsp3) is 0.750. The number of aliphatic imine (C=N–C) groups is 1. The molecule has 0 bridgehead atoms. The summed E-state index contributed by atoms with van der Waals surface area (Å²) in [5, 5.41) is 4.02. The third-order valence-corrected chi connectivity index (χ3v) is 3.59. The van der Waals surface area contributed by atoms with E-state index in [0.717, 1.165) is 18.8 Å². The van der Waals surface area contributed by atoms with Gasteiger partial charge in [0.15, 0.2) is 11.7 Å². The number of rotatable bonds is 4. The van der Waals surface area contributed by atoms with Crippen molar-refractivity contribution in [2.75, 3.05) is 13.1 Å². The maximum atomic E-state index is 6.08. The van der Waals surface area contributed by atoms with Crippen LogP contribution in [0.4, 0.5) is 0 Å². The van der Waals surface area contributed by atoms with E-state index in [-0.39, 0.29) is 29.6 Å².